The van der Waals surface area contributed by atoms with Gasteiger partial charge in [-0.25, -0.2) is 0 Å². The smallest absolute Gasteiger partial charge is 0.107 e. The molecule has 0 spiro atoms. The van der Waals surface area contributed by atoms with Crippen LogP contribution < -0.4 is 0 Å². The van der Waals surface area contributed by atoms with Crippen LogP contribution in [0.1, 0.15) is 49.5 Å². The number of aryl methyl sites for hydroxylation is 1. The van der Waals surface area contributed by atoms with Gasteiger partial charge in [0.25, 0.3) is 0 Å². The Kier molecular flexibility index (Phi) is 3.62. The maximum Gasteiger partial charge on any atom is 0.107 e. The molecule has 1 saturated carbocycles. The quantitative estimate of drug-likeness (QED) is 0.928. The van der Waals surface area contributed by atoms with E-state index in [-0.39, 0.29) is 5.41 Å². The van der Waals surface area contributed by atoms with Crippen LogP contribution in [0.5, 0.6) is 0 Å². The average Bonchev–Trinajstić information content (AvgIpc) is 2.94. The van der Waals surface area contributed by atoms with Gasteiger partial charge in [0.1, 0.15) is 6.10 Å². The third-order valence-electron chi connectivity index (χ3n) is 4.63. The second-order valence-electron chi connectivity index (χ2n) is 5.90. The van der Waals surface area contributed by atoms with Gasteiger partial charge in [0, 0.05) is 18.7 Å². The first-order chi connectivity index (χ1) is 9.72. The molecule has 1 fully saturated rings. The van der Waals surface area contributed by atoms with Gasteiger partial charge in [0.2, 0.25) is 0 Å². The first kappa shape index (κ1) is 13.4. The molecule has 1 atom stereocenters. The lowest BCUT2D eigenvalue weighted by molar-refractivity contribution is 0.0490. The second kappa shape index (κ2) is 5.41. The molecule has 0 amide bonds. The maximum atomic E-state index is 11.0. The third kappa shape index (κ3) is 2.27. The Bertz CT molecular complexity index is 555. The zero-order chi connectivity index (χ0) is 14.0. The fraction of sp³-hybridized carbons (Fsp3) is 0.471. The molecule has 3 rings (SSSR count). The number of hydrogen-bond acceptors (Lipinski definition) is 2. The zero-order valence-corrected chi connectivity index (χ0v) is 12.0. The van der Waals surface area contributed by atoms with Crippen molar-refractivity contribution >= 4 is 0 Å². The number of benzene rings is 1. The summed E-state index contributed by atoms with van der Waals surface area (Å²) < 4.78 is 1.76. The Hall–Kier alpha value is -1.61. The normalized spacial score (nSPS) is 19.7. The monoisotopic (exact) mass is 270 g/mol. The SMILES string of the molecule is Cn1ccc(C(O)C2(c3ccccc3)CCCCC2)n1. The fourth-order valence-corrected chi connectivity index (χ4v) is 3.53. The second-order valence-corrected chi connectivity index (χ2v) is 5.90. The summed E-state index contributed by atoms with van der Waals surface area (Å²) in [5, 5.41) is 15.4. The van der Waals surface area contributed by atoms with Crippen molar-refractivity contribution in [2.45, 2.75) is 43.6 Å². The molecule has 0 aliphatic heterocycles. The number of aliphatic hydroxyl groups is 1. The molecule has 0 radical (unpaired) electrons. The number of aliphatic hydroxyl groups excluding tert-OH is 1. The van der Waals surface area contributed by atoms with E-state index >= 15 is 0 Å². The van der Waals surface area contributed by atoms with Crippen LogP contribution in [-0.4, -0.2) is 14.9 Å². The summed E-state index contributed by atoms with van der Waals surface area (Å²) in [6, 6.07) is 12.4. The van der Waals surface area contributed by atoms with Crippen LogP contribution in [0.4, 0.5) is 0 Å². The maximum absolute atomic E-state index is 11.0. The van der Waals surface area contributed by atoms with E-state index < -0.39 is 6.10 Å². The summed E-state index contributed by atoms with van der Waals surface area (Å²) >= 11 is 0. The van der Waals surface area contributed by atoms with Crippen molar-refractivity contribution in [2.75, 3.05) is 0 Å². The highest BCUT2D eigenvalue weighted by Gasteiger charge is 2.42. The summed E-state index contributed by atoms with van der Waals surface area (Å²) in [7, 11) is 1.90. The summed E-state index contributed by atoms with van der Waals surface area (Å²) in [6.07, 6.45) is 7.08. The molecule has 1 unspecified atom stereocenters. The van der Waals surface area contributed by atoms with Gasteiger partial charge in [0.15, 0.2) is 0 Å². The standard InChI is InChI=1S/C17H22N2O/c1-19-13-10-15(18-19)16(20)17(11-6-3-7-12-17)14-8-4-2-5-9-14/h2,4-5,8-10,13,16,20H,3,6-7,11-12H2,1H3. The zero-order valence-electron chi connectivity index (χ0n) is 12.0. The lowest BCUT2D eigenvalue weighted by Gasteiger charge is -2.41. The molecule has 1 aliphatic rings. The summed E-state index contributed by atoms with van der Waals surface area (Å²) in [6.45, 7) is 0. The van der Waals surface area contributed by atoms with Crippen molar-refractivity contribution in [2.24, 2.45) is 7.05 Å². The highest BCUT2D eigenvalue weighted by molar-refractivity contribution is 5.30. The Morgan fingerprint density at radius 2 is 1.80 bits per heavy atom. The molecule has 106 valence electrons. The summed E-state index contributed by atoms with van der Waals surface area (Å²) in [4.78, 5) is 0. The lowest BCUT2D eigenvalue weighted by Crippen LogP contribution is -2.36. The van der Waals surface area contributed by atoms with E-state index in [1.807, 2.05) is 25.4 Å². The van der Waals surface area contributed by atoms with Crippen LogP contribution in [-0.2, 0) is 12.5 Å². The Morgan fingerprint density at radius 3 is 2.40 bits per heavy atom. The predicted molar refractivity (Wildman–Crippen MR) is 79.4 cm³/mol. The van der Waals surface area contributed by atoms with Crippen LogP contribution in [0.2, 0.25) is 0 Å². The van der Waals surface area contributed by atoms with Crippen LogP contribution in [0.25, 0.3) is 0 Å². The molecule has 2 aromatic rings. The topological polar surface area (TPSA) is 38.0 Å². The fourth-order valence-electron chi connectivity index (χ4n) is 3.53. The van der Waals surface area contributed by atoms with Gasteiger partial charge < -0.3 is 5.11 Å². The number of hydrogen-bond donors (Lipinski definition) is 1. The largest absolute Gasteiger partial charge is 0.386 e. The van der Waals surface area contributed by atoms with Gasteiger partial charge >= 0.3 is 0 Å². The molecule has 3 nitrogen and oxygen atoms in total. The van der Waals surface area contributed by atoms with E-state index in [4.69, 9.17) is 0 Å². The van der Waals surface area contributed by atoms with Crippen LogP contribution in [0, 0.1) is 0 Å². The first-order valence-corrected chi connectivity index (χ1v) is 7.45. The van der Waals surface area contributed by atoms with E-state index in [9.17, 15) is 5.11 Å². The van der Waals surface area contributed by atoms with Crippen molar-refractivity contribution in [3.63, 3.8) is 0 Å². The van der Waals surface area contributed by atoms with Gasteiger partial charge in [-0.1, -0.05) is 49.6 Å². The van der Waals surface area contributed by atoms with Crippen molar-refractivity contribution in [1.82, 2.24) is 9.78 Å². The lowest BCUT2D eigenvalue weighted by atomic mass is 9.65. The third-order valence-corrected chi connectivity index (χ3v) is 4.63. The van der Waals surface area contributed by atoms with E-state index in [0.29, 0.717) is 0 Å². The molecular formula is C17H22N2O. The van der Waals surface area contributed by atoms with E-state index in [1.165, 1.54) is 24.8 Å². The molecule has 0 saturated heterocycles. The van der Waals surface area contributed by atoms with Gasteiger partial charge in [-0.15, -0.1) is 0 Å². The van der Waals surface area contributed by atoms with Crippen molar-refractivity contribution in [3.8, 4) is 0 Å². The summed E-state index contributed by atoms with van der Waals surface area (Å²) in [5.41, 5.74) is 1.87. The van der Waals surface area contributed by atoms with Gasteiger partial charge in [-0.05, 0) is 24.5 Å². The van der Waals surface area contributed by atoms with Crippen LogP contribution >= 0.6 is 0 Å². The van der Waals surface area contributed by atoms with Crippen LogP contribution in [0.3, 0.4) is 0 Å². The minimum Gasteiger partial charge on any atom is -0.386 e. The number of rotatable bonds is 3. The van der Waals surface area contributed by atoms with Crippen molar-refractivity contribution in [3.05, 3.63) is 53.9 Å². The highest BCUT2D eigenvalue weighted by Crippen LogP contribution is 2.47. The molecule has 3 heteroatoms. The van der Waals surface area contributed by atoms with Gasteiger partial charge in [-0.3, -0.25) is 4.68 Å². The first-order valence-electron chi connectivity index (χ1n) is 7.45. The molecule has 1 heterocycles. The Labute approximate surface area is 120 Å². The molecule has 20 heavy (non-hydrogen) atoms. The Balaban J connectivity index is 2.01. The number of aromatic nitrogens is 2. The van der Waals surface area contributed by atoms with E-state index in [2.05, 4.69) is 29.4 Å². The molecule has 0 bridgehead atoms. The minimum atomic E-state index is -0.522. The van der Waals surface area contributed by atoms with Gasteiger partial charge in [-0.2, -0.15) is 5.10 Å². The molecular weight excluding hydrogens is 248 g/mol. The highest BCUT2D eigenvalue weighted by atomic mass is 16.3. The van der Waals surface area contributed by atoms with Crippen molar-refractivity contribution in [1.29, 1.82) is 0 Å². The molecule has 1 aliphatic carbocycles. The molecule has 1 aromatic carbocycles. The van der Waals surface area contributed by atoms with E-state index in [1.54, 1.807) is 4.68 Å². The Morgan fingerprint density at radius 1 is 1.10 bits per heavy atom. The minimum absolute atomic E-state index is 0.173. The number of nitrogens with zero attached hydrogens (tertiary/aromatic N) is 2. The summed E-state index contributed by atoms with van der Waals surface area (Å²) in [5.74, 6) is 0. The molecule has 1 aromatic heterocycles. The van der Waals surface area contributed by atoms with Crippen molar-refractivity contribution < 1.29 is 5.11 Å². The predicted octanol–water partition coefficient (Wildman–Crippen LogP) is 3.36. The van der Waals surface area contributed by atoms with Crippen LogP contribution in [0.15, 0.2) is 42.6 Å². The van der Waals surface area contributed by atoms with Gasteiger partial charge in [0.05, 0.1) is 5.69 Å². The van der Waals surface area contributed by atoms with E-state index in [0.717, 1.165) is 18.5 Å². The average molecular weight is 270 g/mol. The molecule has 1 N–H and O–H groups in total.